The number of carbonyl (C=O) groups is 2. The summed E-state index contributed by atoms with van der Waals surface area (Å²) in [5, 5.41) is 0.640. The number of halogens is 3. The Bertz CT molecular complexity index is 776. The highest BCUT2D eigenvalue weighted by Crippen LogP contribution is 2.32. The van der Waals surface area contributed by atoms with Crippen LogP contribution < -0.4 is 4.90 Å². The van der Waals surface area contributed by atoms with Gasteiger partial charge in [0.15, 0.2) is 0 Å². The lowest BCUT2D eigenvalue weighted by molar-refractivity contribution is -0.114. The molecule has 21 heavy (non-hydrogen) atoms. The first-order valence-corrected chi connectivity index (χ1v) is 6.82. The van der Waals surface area contributed by atoms with Gasteiger partial charge in [0, 0.05) is 15.6 Å². The molecule has 0 saturated carbocycles. The second-order valence-electron chi connectivity index (χ2n) is 4.62. The number of carbonyl (C=O) groups excluding carboxylic acids is 2. The lowest BCUT2D eigenvalue weighted by Gasteiger charge is -2.17. The number of benzene rings is 2. The normalized spacial score (nSPS) is 13.8. The summed E-state index contributed by atoms with van der Waals surface area (Å²) in [5.41, 5.74) is 0.953. The van der Waals surface area contributed by atoms with Crippen molar-refractivity contribution in [2.24, 2.45) is 0 Å². The minimum absolute atomic E-state index is 0.0395. The zero-order chi connectivity index (χ0) is 15.1. The van der Waals surface area contributed by atoms with Gasteiger partial charge in [-0.3, -0.25) is 9.59 Å². The SMILES string of the molecule is O=C1C(=O)N(Cc2ccc(Cl)cc2F)c2ccc(Cl)cc21. The van der Waals surface area contributed by atoms with Gasteiger partial charge in [-0.1, -0.05) is 29.3 Å². The van der Waals surface area contributed by atoms with Crippen LogP contribution in [0, 0.1) is 5.82 Å². The molecule has 1 heterocycles. The van der Waals surface area contributed by atoms with E-state index in [1.165, 1.54) is 29.2 Å². The Kier molecular flexibility index (Phi) is 3.43. The number of nitrogens with zero attached hydrogens (tertiary/aromatic N) is 1. The highest BCUT2D eigenvalue weighted by molar-refractivity contribution is 6.52. The van der Waals surface area contributed by atoms with Crippen LogP contribution in [0.1, 0.15) is 15.9 Å². The quantitative estimate of drug-likeness (QED) is 0.787. The van der Waals surface area contributed by atoms with Crippen LogP contribution in [0.25, 0.3) is 0 Å². The fraction of sp³-hybridized carbons (Fsp3) is 0.0667. The van der Waals surface area contributed by atoms with Crippen molar-refractivity contribution in [2.75, 3.05) is 4.90 Å². The van der Waals surface area contributed by atoms with Crippen molar-refractivity contribution in [3.05, 3.63) is 63.4 Å². The van der Waals surface area contributed by atoms with Gasteiger partial charge in [0.25, 0.3) is 11.7 Å². The molecule has 0 spiro atoms. The van der Waals surface area contributed by atoms with Gasteiger partial charge < -0.3 is 4.90 Å². The molecule has 0 unspecified atom stereocenters. The average molecular weight is 324 g/mol. The number of hydrogen-bond acceptors (Lipinski definition) is 2. The van der Waals surface area contributed by atoms with Crippen molar-refractivity contribution in [1.82, 2.24) is 0 Å². The smallest absolute Gasteiger partial charge is 0.299 e. The molecule has 0 aromatic heterocycles. The zero-order valence-electron chi connectivity index (χ0n) is 10.6. The van der Waals surface area contributed by atoms with Crippen LogP contribution in [0.3, 0.4) is 0 Å². The maximum absolute atomic E-state index is 13.8. The molecule has 6 heteroatoms. The second-order valence-corrected chi connectivity index (χ2v) is 5.49. The topological polar surface area (TPSA) is 37.4 Å². The van der Waals surface area contributed by atoms with E-state index in [2.05, 4.69) is 0 Å². The van der Waals surface area contributed by atoms with Gasteiger partial charge >= 0.3 is 0 Å². The number of ketones is 1. The number of rotatable bonds is 2. The summed E-state index contributed by atoms with van der Waals surface area (Å²) in [5.74, 6) is -1.85. The molecule has 3 rings (SSSR count). The summed E-state index contributed by atoms with van der Waals surface area (Å²) in [7, 11) is 0. The van der Waals surface area contributed by atoms with E-state index in [0.717, 1.165) is 0 Å². The summed E-state index contributed by atoms with van der Waals surface area (Å²) in [6, 6.07) is 8.79. The molecular formula is C15H8Cl2FNO2. The predicted molar refractivity (Wildman–Crippen MR) is 78.4 cm³/mol. The Morgan fingerprint density at radius 2 is 1.67 bits per heavy atom. The van der Waals surface area contributed by atoms with E-state index in [0.29, 0.717) is 10.7 Å². The van der Waals surface area contributed by atoms with E-state index in [1.807, 2.05) is 0 Å². The van der Waals surface area contributed by atoms with E-state index in [-0.39, 0.29) is 22.7 Å². The average Bonchev–Trinajstić information content (AvgIpc) is 2.66. The van der Waals surface area contributed by atoms with Gasteiger partial charge in [-0.2, -0.15) is 0 Å². The van der Waals surface area contributed by atoms with Crippen molar-refractivity contribution in [3.63, 3.8) is 0 Å². The van der Waals surface area contributed by atoms with Crippen LogP contribution in [-0.4, -0.2) is 11.7 Å². The van der Waals surface area contributed by atoms with Crippen molar-refractivity contribution >= 4 is 40.6 Å². The number of amides is 1. The monoisotopic (exact) mass is 323 g/mol. The molecule has 2 aromatic carbocycles. The third-order valence-corrected chi connectivity index (χ3v) is 3.75. The largest absolute Gasteiger partial charge is 0.300 e. The van der Waals surface area contributed by atoms with Crippen LogP contribution in [0.4, 0.5) is 10.1 Å². The van der Waals surface area contributed by atoms with Crippen molar-refractivity contribution < 1.29 is 14.0 Å². The van der Waals surface area contributed by atoms with Crippen LogP contribution >= 0.6 is 23.2 Å². The van der Waals surface area contributed by atoms with Gasteiger partial charge in [0.1, 0.15) is 5.82 Å². The Balaban J connectivity index is 2.00. The maximum atomic E-state index is 13.8. The number of anilines is 1. The minimum atomic E-state index is -0.693. The van der Waals surface area contributed by atoms with E-state index in [9.17, 15) is 14.0 Å². The molecule has 0 atom stereocenters. The molecule has 0 radical (unpaired) electrons. The van der Waals surface area contributed by atoms with E-state index < -0.39 is 17.5 Å². The highest BCUT2D eigenvalue weighted by Gasteiger charge is 2.36. The number of hydrogen-bond donors (Lipinski definition) is 0. The van der Waals surface area contributed by atoms with Crippen LogP contribution in [-0.2, 0) is 11.3 Å². The summed E-state index contributed by atoms with van der Waals surface area (Å²) in [4.78, 5) is 25.2. The van der Waals surface area contributed by atoms with Crippen LogP contribution in [0.15, 0.2) is 36.4 Å². The van der Waals surface area contributed by atoms with Crippen LogP contribution in [0.5, 0.6) is 0 Å². The Morgan fingerprint density at radius 3 is 2.38 bits per heavy atom. The van der Waals surface area contributed by atoms with Crippen molar-refractivity contribution in [2.45, 2.75) is 6.54 Å². The first-order valence-electron chi connectivity index (χ1n) is 6.07. The summed E-state index contributed by atoms with van der Waals surface area (Å²) < 4.78 is 13.8. The van der Waals surface area contributed by atoms with Gasteiger partial charge in [-0.15, -0.1) is 0 Å². The van der Waals surface area contributed by atoms with E-state index in [4.69, 9.17) is 23.2 Å². The molecule has 0 saturated heterocycles. The van der Waals surface area contributed by atoms with Crippen LogP contribution in [0.2, 0.25) is 10.0 Å². The molecular weight excluding hydrogens is 316 g/mol. The first kappa shape index (κ1) is 14.0. The fourth-order valence-corrected chi connectivity index (χ4v) is 2.58. The summed E-state index contributed by atoms with van der Waals surface area (Å²) >= 11 is 11.5. The Morgan fingerprint density at radius 1 is 1.00 bits per heavy atom. The third kappa shape index (κ3) is 2.41. The molecule has 1 amide bonds. The summed E-state index contributed by atoms with van der Waals surface area (Å²) in [6.07, 6.45) is 0. The van der Waals surface area contributed by atoms with E-state index >= 15 is 0 Å². The molecule has 3 nitrogen and oxygen atoms in total. The Hall–Kier alpha value is -1.91. The zero-order valence-corrected chi connectivity index (χ0v) is 12.1. The lowest BCUT2D eigenvalue weighted by Crippen LogP contribution is -2.29. The molecule has 0 N–H and O–H groups in total. The summed E-state index contributed by atoms with van der Waals surface area (Å²) in [6.45, 7) is -0.0395. The molecule has 2 aromatic rings. The molecule has 1 aliphatic rings. The Labute approximate surface area is 129 Å². The standard InChI is InChI=1S/C15H8Cl2FNO2/c16-9-3-4-13-11(5-9)14(20)15(21)19(13)7-8-1-2-10(17)6-12(8)18/h1-6H,7H2. The molecule has 0 bridgehead atoms. The van der Waals surface area contributed by atoms with Gasteiger partial charge in [-0.05, 0) is 30.3 Å². The molecule has 1 aliphatic heterocycles. The van der Waals surface area contributed by atoms with Gasteiger partial charge in [0.2, 0.25) is 0 Å². The third-order valence-electron chi connectivity index (χ3n) is 3.28. The number of Topliss-reactive ketones (excluding diaryl/α,β-unsaturated/α-hetero) is 1. The van der Waals surface area contributed by atoms with Gasteiger partial charge in [-0.25, -0.2) is 4.39 Å². The minimum Gasteiger partial charge on any atom is -0.300 e. The van der Waals surface area contributed by atoms with Crippen molar-refractivity contribution in [3.8, 4) is 0 Å². The molecule has 0 fully saturated rings. The second kappa shape index (κ2) is 5.13. The highest BCUT2D eigenvalue weighted by atomic mass is 35.5. The number of fused-ring (bicyclic) bond motifs is 1. The lowest BCUT2D eigenvalue weighted by atomic mass is 10.1. The fourth-order valence-electron chi connectivity index (χ4n) is 2.25. The molecule has 0 aliphatic carbocycles. The van der Waals surface area contributed by atoms with E-state index in [1.54, 1.807) is 12.1 Å². The van der Waals surface area contributed by atoms with Gasteiger partial charge in [0.05, 0.1) is 17.8 Å². The predicted octanol–water partition coefficient (Wildman–Crippen LogP) is 3.86. The molecule has 106 valence electrons. The maximum Gasteiger partial charge on any atom is 0.299 e. The first-order chi connectivity index (χ1) is 9.97. The van der Waals surface area contributed by atoms with Crippen molar-refractivity contribution in [1.29, 1.82) is 0 Å².